The summed E-state index contributed by atoms with van der Waals surface area (Å²) in [7, 11) is 1.66. The smallest absolute Gasteiger partial charge is 0.409 e. The van der Waals surface area contributed by atoms with Crippen LogP contribution in [0.2, 0.25) is 0 Å². The second-order valence-electron chi connectivity index (χ2n) is 11.3. The zero-order chi connectivity index (χ0) is 30.0. The summed E-state index contributed by atoms with van der Waals surface area (Å²) in [5.41, 5.74) is 3.25. The van der Waals surface area contributed by atoms with Gasteiger partial charge in [0.25, 0.3) is 0 Å². The standard InChI is InChI=1S/C34H40BrN3O5/c1-41-31-14-11-28(20-32(31)42-24-27-6-3-2-4-7-27)22-36-15-5-8-29(23-36)25-43-34(40)38-18-16-37(17-19-38)33(39)21-26-9-12-30(35)13-10-26/h2-4,6-7,9-14,20,29H,5,8,15-19,21-25H2,1H3. The first-order valence-corrected chi connectivity index (χ1v) is 15.8. The maximum atomic E-state index is 12.8. The number of piperidine rings is 1. The van der Waals surface area contributed by atoms with Crippen LogP contribution >= 0.6 is 15.9 Å². The minimum atomic E-state index is -0.285. The molecule has 2 amide bonds. The molecule has 2 fully saturated rings. The number of benzene rings is 3. The molecule has 1 unspecified atom stereocenters. The van der Waals surface area contributed by atoms with Gasteiger partial charge in [0.15, 0.2) is 11.5 Å². The summed E-state index contributed by atoms with van der Waals surface area (Å²) < 4.78 is 18.4. The minimum Gasteiger partial charge on any atom is -0.493 e. The van der Waals surface area contributed by atoms with Crippen molar-refractivity contribution in [2.75, 3.05) is 53.0 Å². The highest BCUT2D eigenvalue weighted by Gasteiger charge is 2.27. The Balaban J connectivity index is 1.05. The second-order valence-corrected chi connectivity index (χ2v) is 12.2. The first-order valence-electron chi connectivity index (χ1n) is 15.0. The number of piperazine rings is 1. The molecule has 2 aliphatic rings. The molecule has 9 heteroatoms. The van der Waals surface area contributed by atoms with Gasteiger partial charge in [0.05, 0.1) is 20.1 Å². The Bertz CT molecular complexity index is 1350. The van der Waals surface area contributed by atoms with Crippen molar-refractivity contribution in [1.82, 2.24) is 14.7 Å². The highest BCUT2D eigenvalue weighted by Crippen LogP contribution is 2.30. The predicted octanol–water partition coefficient (Wildman–Crippen LogP) is 5.77. The molecule has 5 rings (SSSR count). The van der Waals surface area contributed by atoms with Crippen molar-refractivity contribution < 1.29 is 23.8 Å². The number of amides is 2. The monoisotopic (exact) mass is 649 g/mol. The Morgan fingerprint density at radius 2 is 1.56 bits per heavy atom. The third-order valence-corrected chi connectivity index (χ3v) is 8.60. The zero-order valence-corrected chi connectivity index (χ0v) is 26.3. The molecule has 0 spiro atoms. The van der Waals surface area contributed by atoms with Crippen LogP contribution in [-0.4, -0.2) is 79.7 Å². The maximum Gasteiger partial charge on any atom is 0.409 e. The molecule has 0 N–H and O–H groups in total. The number of ether oxygens (including phenoxy) is 3. The topological polar surface area (TPSA) is 71.6 Å². The largest absolute Gasteiger partial charge is 0.493 e. The van der Waals surface area contributed by atoms with Crippen LogP contribution in [0, 0.1) is 5.92 Å². The molecule has 0 aromatic heterocycles. The van der Waals surface area contributed by atoms with Gasteiger partial charge in [-0.1, -0.05) is 64.5 Å². The number of hydrogen-bond acceptors (Lipinski definition) is 6. The summed E-state index contributed by atoms with van der Waals surface area (Å²) in [6.07, 6.45) is 2.19. The second kappa shape index (κ2) is 15.3. The van der Waals surface area contributed by atoms with Crippen molar-refractivity contribution in [2.24, 2.45) is 5.92 Å². The highest BCUT2D eigenvalue weighted by molar-refractivity contribution is 9.10. The lowest BCUT2D eigenvalue weighted by molar-refractivity contribution is -0.132. The fourth-order valence-corrected chi connectivity index (χ4v) is 5.93. The lowest BCUT2D eigenvalue weighted by Gasteiger charge is -2.35. The zero-order valence-electron chi connectivity index (χ0n) is 24.8. The van der Waals surface area contributed by atoms with E-state index >= 15 is 0 Å². The van der Waals surface area contributed by atoms with E-state index in [9.17, 15) is 9.59 Å². The highest BCUT2D eigenvalue weighted by atomic mass is 79.9. The molecule has 43 heavy (non-hydrogen) atoms. The molecule has 8 nitrogen and oxygen atoms in total. The van der Waals surface area contributed by atoms with E-state index in [4.69, 9.17) is 14.2 Å². The average molecular weight is 651 g/mol. The molecule has 2 aliphatic heterocycles. The third kappa shape index (κ3) is 8.97. The van der Waals surface area contributed by atoms with Gasteiger partial charge in [0, 0.05) is 49.7 Å². The summed E-state index contributed by atoms with van der Waals surface area (Å²) in [6.45, 7) is 5.61. The van der Waals surface area contributed by atoms with E-state index in [0.717, 1.165) is 65.1 Å². The van der Waals surface area contributed by atoms with Gasteiger partial charge < -0.3 is 24.0 Å². The Morgan fingerprint density at radius 3 is 2.30 bits per heavy atom. The van der Waals surface area contributed by atoms with Crippen molar-refractivity contribution in [1.29, 1.82) is 0 Å². The third-order valence-electron chi connectivity index (χ3n) is 8.08. The molecular formula is C34H40BrN3O5. The van der Waals surface area contributed by atoms with Crippen LogP contribution in [0.1, 0.15) is 29.5 Å². The number of halogens is 1. The molecule has 2 heterocycles. The van der Waals surface area contributed by atoms with Crippen molar-refractivity contribution in [3.8, 4) is 11.5 Å². The number of rotatable bonds is 10. The number of methoxy groups -OCH3 is 1. The number of nitrogens with zero attached hydrogens (tertiary/aromatic N) is 3. The lowest BCUT2D eigenvalue weighted by Crippen LogP contribution is -2.51. The molecule has 1 atom stereocenters. The number of carbonyl (C=O) groups excluding carboxylic acids is 2. The normalized spacial score (nSPS) is 17.4. The van der Waals surface area contributed by atoms with Gasteiger partial charge in [0.2, 0.25) is 5.91 Å². The SMILES string of the molecule is COc1ccc(CN2CCCC(COC(=O)N3CCN(C(=O)Cc4ccc(Br)cc4)CC3)C2)cc1OCc1ccccc1. The van der Waals surface area contributed by atoms with Crippen LogP contribution in [0.25, 0.3) is 0 Å². The summed E-state index contributed by atoms with van der Waals surface area (Å²) in [5.74, 6) is 1.84. The molecule has 2 saturated heterocycles. The van der Waals surface area contributed by atoms with E-state index in [2.05, 4.69) is 33.0 Å². The molecular weight excluding hydrogens is 610 g/mol. The van der Waals surface area contributed by atoms with Crippen LogP contribution in [0.3, 0.4) is 0 Å². The molecule has 228 valence electrons. The van der Waals surface area contributed by atoms with Crippen LogP contribution in [0.4, 0.5) is 4.79 Å². The van der Waals surface area contributed by atoms with Crippen LogP contribution in [-0.2, 0) is 29.1 Å². The van der Waals surface area contributed by atoms with Crippen LogP contribution < -0.4 is 9.47 Å². The summed E-state index contributed by atoms with van der Waals surface area (Å²) >= 11 is 3.43. The van der Waals surface area contributed by atoms with E-state index in [1.165, 1.54) is 0 Å². The maximum absolute atomic E-state index is 12.8. The first kappa shape index (κ1) is 30.9. The van der Waals surface area contributed by atoms with Crippen molar-refractivity contribution in [2.45, 2.75) is 32.4 Å². The van der Waals surface area contributed by atoms with Gasteiger partial charge in [-0.05, 0) is 60.3 Å². The van der Waals surface area contributed by atoms with Crippen molar-refractivity contribution >= 4 is 27.9 Å². The van der Waals surface area contributed by atoms with E-state index < -0.39 is 0 Å². The fourth-order valence-electron chi connectivity index (χ4n) is 5.66. The number of carbonyl (C=O) groups is 2. The Labute approximate surface area is 262 Å². The van der Waals surface area contributed by atoms with Crippen molar-refractivity contribution in [3.63, 3.8) is 0 Å². The lowest BCUT2D eigenvalue weighted by atomic mass is 9.98. The van der Waals surface area contributed by atoms with E-state index in [1.54, 1.807) is 12.0 Å². The minimum absolute atomic E-state index is 0.0874. The van der Waals surface area contributed by atoms with Gasteiger partial charge in [0.1, 0.15) is 6.61 Å². The van der Waals surface area contributed by atoms with Gasteiger partial charge in [-0.3, -0.25) is 9.69 Å². The average Bonchev–Trinajstić information content (AvgIpc) is 3.04. The molecule has 3 aromatic carbocycles. The Hall–Kier alpha value is -3.56. The van der Waals surface area contributed by atoms with E-state index in [-0.39, 0.29) is 12.0 Å². The summed E-state index contributed by atoms with van der Waals surface area (Å²) in [5, 5.41) is 0. The van der Waals surface area contributed by atoms with Gasteiger partial charge in [-0.25, -0.2) is 4.79 Å². The van der Waals surface area contributed by atoms with Gasteiger partial charge in [-0.2, -0.15) is 0 Å². The van der Waals surface area contributed by atoms with Crippen molar-refractivity contribution in [3.05, 3.63) is 94.0 Å². The number of likely N-dealkylation sites (tertiary alicyclic amines) is 1. The molecule has 3 aromatic rings. The Morgan fingerprint density at radius 1 is 0.837 bits per heavy atom. The number of hydrogen-bond donors (Lipinski definition) is 0. The quantitative estimate of drug-likeness (QED) is 0.278. The van der Waals surface area contributed by atoms with Gasteiger partial charge in [-0.15, -0.1) is 0 Å². The fraction of sp³-hybridized carbons (Fsp3) is 0.412. The first-order chi connectivity index (χ1) is 21.0. The van der Waals surface area contributed by atoms with E-state index in [0.29, 0.717) is 51.7 Å². The van der Waals surface area contributed by atoms with Gasteiger partial charge >= 0.3 is 6.09 Å². The van der Waals surface area contributed by atoms with E-state index in [1.807, 2.05) is 65.6 Å². The summed E-state index contributed by atoms with van der Waals surface area (Å²) in [6, 6.07) is 24.0. The molecule has 0 bridgehead atoms. The predicted molar refractivity (Wildman–Crippen MR) is 169 cm³/mol. The van der Waals surface area contributed by atoms with Crippen LogP contribution in [0.15, 0.2) is 77.3 Å². The Kier molecular flexibility index (Phi) is 11.0. The molecule has 0 aliphatic carbocycles. The molecule has 0 saturated carbocycles. The summed E-state index contributed by atoms with van der Waals surface area (Å²) in [4.78, 5) is 31.5. The van der Waals surface area contributed by atoms with Crippen LogP contribution in [0.5, 0.6) is 11.5 Å². The molecule has 0 radical (unpaired) electrons.